The van der Waals surface area contributed by atoms with Crippen molar-refractivity contribution >= 4 is 39.1 Å². The van der Waals surface area contributed by atoms with Gasteiger partial charge in [0.2, 0.25) is 0 Å². The third-order valence-electron chi connectivity index (χ3n) is 6.19. The molecule has 2 aromatic heterocycles. The van der Waals surface area contributed by atoms with Crippen molar-refractivity contribution in [2.75, 3.05) is 0 Å². The van der Waals surface area contributed by atoms with Crippen molar-refractivity contribution in [1.29, 1.82) is 0 Å². The lowest BCUT2D eigenvalue weighted by Crippen LogP contribution is -2.23. The van der Waals surface area contributed by atoms with Crippen LogP contribution in [0.25, 0.3) is 43.2 Å². The second kappa shape index (κ2) is 9.89. The number of rotatable bonds is 6. The lowest BCUT2D eigenvalue weighted by Gasteiger charge is -2.24. The number of hydrogen-bond donors (Lipinski definition) is 1. The minimum absolute atomic E-state index is 0.113. The summed E-state index contributed by atoms with van der Waals surface area (Å²) >= 11 is 7.92. The zero-order valence-electron chi connectivity index (χ0n) is 21.9. The van der Waals surface area contributed by atoms with Gasteiger partial charge in [-0.1, -0.05) is 29.8 Å². The summed E-state index contributed by atoms with van der Waals surface area (Å²) in [6, 6.07) is 17.7. The third kappa shape index (κ3) is 5.17. The number of fused-ring (bicyclic) bond motifs is 1. The van der Waals surface area contributed by atoms with Gasteiger partial charge in [-0.05, 0) is 75.2 Å². The lowest BCUT2D eigenvalue weighted by atomic mass is 9.92. The Morgan fingerprint density at radius 2 is 1.87 bits per heavy atom. The Kier molecular flexibility index (Phi) is 6.75. The molecule has 38 heavy (non-hydrogen) atoms. The molecule has 1 N–H and O–H groups in total. The van der Waals surface area contributed by atoms with E-state index in [1.165, 1.54) is 0 Å². The predicted molar refractivity (Wildman–Crippen MR) is 154 cm³/mol. The summed E-state index contributed by atoms with van der Waals surface area (Å²) in [4.78, 5) is 16.9. The molecule has 3 aromatic carbocycles. The van der Waals surface area contributed by atoms with Crippen LogP contribution in [0.2, 0.25) is 5.02 Å². The average molecular weight is 546 g/mol. The number of hydrogen-bond acceptors (Lipinski definition) is 5. The van der Waals surface area contributed by atoms with Gasteiger partial charge in [0.1, 0.15) is 16.4 Å². The molecule has 0 spiro atoms. The SMILES string of the molecule is Cc1cc2nc(-c3cccc(-c4ccnn4C)c3)sc2c(-c2ccc(Cl)cc2OC(C)(C)C)c1CC(=O)O. The van der Waals surface area contributed by atoms with E-state index < -0.39 is 11.6 Å². The van der Waals surface area contributed by atoms with Crippen LogP contribution < -0.4 is 4.74 Å². The summed E-state index contributed by atoms with van der Waals surface area (Å²) in [5, 5.41) is 15.5. The van der Waals surface area contributed by atoms with E-state index in [1.807, 2.05) is 75.8 Å². The summed E-state index contributed by atoms with van der Waals surface area (Å²) in [5.41, 5.74) is 6.61. The van der Waals surface area contributed by atoms with Gasteiger partial charge < -0.3 is 9.84 Å². The molecule has 194 valence electrons. The van der Waals surface area contributed by atoms with Gasteiger partial charge in [-0.15, -0.1) is 11.3 Å². The van der Waals surface area contributed by atoms with E-state index in [-0.39, 0.29) is 6.42 Å². The quantitative estimate of drug-likeness (QED) is 0.235. The van der Waals surface area contributed by atoms with Crippen molar-refractivity contribution in [2.45, 2.75) is 39.7 Å². The fraction of sp³-hybridized carbons (Fsp3) is 0.233. The van der Waals surface area contributed by atoms with Crippen LogP contribution in [0, 0.1) is 6.92 Å². The largest absolute Gasteiger partial charge is 0.487 e. The van der Waals surface area contributed by atoms with Crippen LogP contribution in [-0.2, 0) is 18.3 Å². The van der Waals surface area contributed by atoms with Crippen molar-refractivity contribution in [2.24, 2.45) is 7.05 Å². The van der Waals surface area contributed by atoms with Crippen molar-refractivity contribution in [3.63, 3.8) is 0 Å². The van der Waals surface area contributed by atoms with Gasteiger partial charge in [-0.3, -0.25) is 9.48 Å². The van der Waals surface area contributed by atoms with Crippen LogP contribution in [0.15, 0.2) is 60.8 Å². The molecule has 2 heterocycles. The second-order valence-electron chi connectivity index (χ2n) is 10.3. The number of nitrogens with zero attached hydrogens (tertiary/aromatic N) is 3. The number of aliphatic carboxylic acids is 1. The van der Waals surface area contributed by atoms with E-state index in [4.69, 9.17) is 21.3 Å². The molecule has 0 aliphatic carbocycles. The van der Waals surface area contributed by atoms with E-state index in [9.17, 15) is 9.90 Å². The van der Waals surface area contributed by atoms with E-state index in [0.717, 1.165) is 54.3 Å². The maximum atomic E-state index is 11.9. The fourth-order valence-electron chi connectivity index (χ4n) is 4.61. The number of carboxylic acid groups (broad SMARTS) is 1. The molecule has 5 aromatic rings. The van der Waals surface area contributed by atoms with Crippen LogP contribution in [0.5, 0.6) is 5.75 Å². The van der Waals surface area contributed by atoms with Crippen molar-refractivity contribution in [3.05, 3.63) is 76.9 Å². The number of aryl methyl sites for hydroxylation is 2. The zero-order chi connectivity index (χ0) is 27.2. The topological polar surface area (TPSA) is 77.2 Å². The fourth-order valence-corrected chi connectivity index (χ4v) is 5.90. The van der Waals surface area contributed by atoms with E-state index in [0.29, 0.717) is 10.8 Å². The van der Waals surface area contributed by atoms with Crippen molar-refractivity contribution in [3.8, 4) is 38.7 Å². The van der Waals surface area contributed by atoms with Gasteiger partial charge in [-0.2, -0.15) is 5.10 Å². The minimum Gasteiger partial charge on any atom is -0.487 e. The Hall–Kier alpha value is -3.68. The van der Waals surface area contributed by atoms with Gasteiger partial charge in [-0.25, -0.2) is 4.98 Å². The number of ether oxygens (including phenoxy) is 1. The monoisotopic (exact) mass is 545 g/mol. The van der Waals surface area contributed by atoms with E-state index in [2.05, 4.69) is 17.2 Å². The summed E-state index contributed by atoms with van der Waals surface area (Å²) < 4.78 is 9.07. The van der Waals surface area contributed by atoms with Crippen molar-refractivity contribution < 1.29 is 14.6 Å². The summed E-state index contributed by atoms with van der Waals surface area (Å²) in [5.74, 6) is -0.286. The number of carbonyl (C=O) groups is 1. The predicted octanol–water partition coefficient (Wildman–Crippen LogP) is 7.80. The first kappa shape index (κ1) is 25.9. The Morgan fingerprint density at radius 1 is 1.11 bits per heavy atom. The molecule has 0 amide bonds. The normalized spacial score (nSPS) is 11.7. The Balaban J connectivity index is 1.75. The Labute approximate surface area is 230 Å². The number of thiazole rings is 1. The van der Waals surface area contributed by atoms with Gasteiger partial charge in [0.25, 0.3) is 0 Å². The van der Waals surface area contributed by atoms with E-state index >= 15 is 0 Å². The highest BCUT2D eigenvalue weighted by Crippen LogP contribution is 2.45. The van der Waals surface area contributed by atoms with Crippen molar-refractivity contribution in [1.82, 2.24) is 14.8 Å². The second-order valence-corrected chi connectivity index (χ2v) is 11.7. The average Bonchev–Trinajstić information content (AvgIpc) is 3.45. The molecular formula is C30H28ClN3O3S. The summed E-state index contributed by atoms with van der Waals surface area (Å²) in [6.45, 7) is 7.86. The highest BCUT2D eigenvalue weighted by molar-refractivity contribution is 7.22. The molecule has 0 aliphatic heterocycles. The van der Waals surface area contributed by atoms with Crippen LogP contribution in [0.3, 0.4) is 0 Å². The molecule has 8 heteroatoms. The van der Waals surface area contributed by atoms with E-state index in [1.54, 1.807) is 23.6 Å². The summed E-state index contributed by atoms with van der Waals surface area (Å²) in [7, 11) is 1.92. The van der Waals surface area contributed by atoms with Gasteiger partial charge in [0.15, 0.2) is 0 Å². The first-order valence-corrected chi connectivity index (χ1v) is 13.4. The molecule has 0 atom stereocenters. The number of benzene rings is 3. The Morgan fingerprint density at radius 3 is 2.55 bits per heavy atom. The number of halogens is 1. The molecule has 0 saturated carbocycles. The molecule has 0 aliphatic rings. The molecule has 0 saturated heterocycles. The third-order valence-corrected chi connectivity index (χ3v) is 7.57. The molecule has 0 unspecified atom stereocenters. The van der Waals surface area contributed by atoms with Gasteiger partial charge in [0.05, 0.1) is 22.3 Å². The molecule has 5 rings (SSSR count). The minimum atomic E-state index is -0.894. The number of carboxylic acids is 1. The smallest absolute Gasteiger partial charge is 0.307 e. The molecule has 0 bridgehead atoms. The zero-order valence-corrected chi connectivity index (χ0v) is 23.4. The highest BCUT2D eigenvalue weighted by Gasteiger charge is 2.24. The highest BCUT2D eigenvalue weighted by atomic mass is 35.5. The maximum absolute atomic E-state index is 11.9. The van der Waals surface area contributed by atoms with Gasteiger partial charge >= 0.3 is 5.97 Å². The van der Waals surface area contributed by atoms with Crippen LogP contribution in [-0.4, -0.2) is 31.4 Å². The first-order valence-electron chi connectivity index (χ1n) is 12.2. The number of aromatic nitrogens is 3. The maximum Gasteiger partial charge on any atom is 0.307 e. The first-order chi connectivity index (χ1) is 18.0. The summed E-state index contributed by atoms with van der Waals surface area (Å²) in [6.07, 6.45) is 1.67. The molecular weight excluding hydrogens is 518 g/mol. The lowest BCUT2D eigenvalue weighted by molar-refractivity contribution is -0.136. The molecule has 0 radical (unpaired) electrons. The van der Waals surface area contributed by atoms with Crippen LogP contribution >= 0.6 is 22.9 Å². The van der Waals surface area contributed by atoms with Crippen LogP contribution in [0.4, 0.5) is 0 Å². The standard InChI is InChI=1S/C30H28ClN3O3S/c1-17-13-23-28(38-29(33-23)19-8-6-7-18(14-19)24-11-12-32-34(24)5)27(22(17)16-26(35)36)21-10-9-20(31)15-25(21)37-30(2,3)4/h6-15H,16H2,1-5H3,(H,35,36). The molecule has 6 nitrogen and oxygen atoms in total. The Bertz CT molecular complexity index is 1680. The van der Waals surface area contributed by atoms with Crippen LogP contribution in [0.1, 0.15) is 31.9 Å². The molecule has 0 fully saturated rings. The van der Waals surface area contributed by atoms with Gasteiger partial charge in [0, 0.05) is 40.5 Å².